The van der Waals surface area contributed by atoms with Gasteiger partial charge in [0.25, 0.3) is 0 Å². The Labute approximate surface area is 105 Å². The summed E-state index contributed by atoms with van der Waals surface area (Å²) >= 11 is 0. The van der Waals surface area contributed by atoms with Crippen molar-refractivity contribution in [1.82, 2.24) is 15.1 Å². The predicted molar refractivity (Wildman–Crippen MR) is 70.9 cm³/mol. The quantitative estimate of drug-likeness (QED) is 0.868. The van der Waals surface area contributed by atoms with Crippen LogP contribution < -0.4 is 5.32 Å². The van der Waals surface area contributed by atoms with Crippen LogP contribution in [0.2, 0.25) is 0 Å². The second kappa shape index (κ2) is 5.67. The van der Waals surface area contributed by atoms with Crippen LogP contribution in [0.5, 0.6) is 0 Å². The van der Waals surface area contributed by atoms with Crippen LogP contribution in [0.15, 0.2) is 12.3 Å². The summed E-state index contributed by atoms with van der Waals surface area (Å²) in [6, 6.07) is 2.81. The van der Waals surface area contributed by atoms with Crippen molar-refractivity contribution in [2.75, 3.05) is 6.54 Å². The van der Waals surface area contributed by atoms with Gasteiger partial charge >= 0.3 is 0 Å². The summed E-state index contributed by atoms with van der Waals surface area (Å²) < 4.78 is 1.97. The molecule has 2 atom stereocenters. The SMILES string of the molecule is CC1CCCC(C)C1NCCc1ccnn1C. The Morgan fingerprint density at radius 2 is 2.06 bits per heavy atom. The molecule has 96 valence electrons. The summed E-state index contributed by atoms with van der Waals surface area (Å²) in [4.78, 5) is 0. The zero-order chi connectivity index (χ0) is 12.3. The van der Waals surface area contributed by atoms with Crippen molar-refractivity contribution in [1.29, 1.82) is 0 Å². The Bertz CT molecular complexity index is 335. The molecule has 0 bridgehead atoms. The van der Waals surface area contributed by atoms with E-state index < -0.39 is 0 Å². The number of nitrogens with one attached hydrogen (secondary N) is 1. The molecule has 0 amide bonds. The van der Waals surface area contributed by atoms with E-state index in [0.717, 1.165) is 24.8 Å². The highest BCUT2D eigenvalue weighted by Crippen LogP contribution is 2.28. The van der Waals surface area contributed by atoms with Crippen LogP contribution in [0.1, 0.15) is 38.8 Å². The van der Waals surface area contributed by atoms with Crippen LogP contribution in [0, 0.1) is 11.8 Å². The molecule has 1 aromatic heterocycles. The first-order valence-electron chi connectivity index (χ1n) is 6.88. The van der Waals surface area contributed by atoms with E-state index in [-0.39, 0.29) is 0 Å². The monoisotopic (exact) mass is 235 g/mol. The molecule has 0 aromatic carbocycles. The molecule has 2 rings (SSSR count). The second-order valence-electron chi connectivity index (χ2n) is 5.56. The molecule has 17 heavy (non-hydrogen) atoms. The van der Waals surface area contributed by atoms with E-state index >= 15 is 0 Å². The van der Waals surface area contributed by atoms with E-state index in [1.54, 1.807) is 0 Å². The molecular weight excluding hydrogens is 210 g/mol. The maximum Gasteiger partial charge on any atom is 0.0492 e. The first kappa shape index (κ1) is 12.6. The van der Waals surface area contributed by atoms with E-state index in [2.05, 4.69) is 30.3 Å². The summed E-state index contributed by atoms with van der Waals surface area (Å²) in [6.45, 7) is 5.84. The minimum Gasteiger partial charge on any atom is -0.313 e. The molecule has 1 saturated carbocycles. The van der Waals surface area contributed by atoms with Gasteiger partial charge in [0.05, 0.1) is 0 Å². The maximum absolute atomic E-state index is 4.20. The fourth-order valence-electron chi connectivity index (χ4n) is 3.10. The van der Waals surface area contributed by atoms with E-state index in [9.17, 15) is 0 Å². The summed E-state index contributed by atoms with van der Waals surface area (Å²) in [6.07, 6.45) is 7.12. The highest BCUT2D eigenvalue weighted by atomic mass is 15.3. The lowest BCUT2D eigenvalue weighted by atomic mass is 9.79. The van der Waals surface area contributed by atoms with Crippen molar-refractivity contribution >= 4 is 0 Å². The largest absolute Gasteiger partial charge is 0.313 e. The lowest BCUT2D eigenvalue weighted by Crippen LogP contribution is -2.43. The van der Waals surface area contributed by atoms with Gasteiger partial charge in [0.15, 0.2) is 0 Å². The van der Waals surface area contributed by atoms with E-state index in [4.69, 9.17) is 0 Å². The predicted octanol–water partition coefficient (Wildman–Crippen LogP) is 2.38. The lowest BCUT2D eigenvalue weighted by molar-refractivity contribution is 0.210. The molecule has 2 unspecified atom stereocenters. The number of aromatic nitrogens is 2. The van der Waals surface area contributed by atoms with Crippen molar-refractivity contribution < 1.29 is 0 Å². The van der Waals surface area contributed by atoms with Crippen molar-refractivity contribution in [3.05, 3.63) is 18.0 Å². The molecule has 0 saturated heterocycles. The number of hydrogen-bond donors (Lipinski definition) is 1. The highest BCUT2D eigenvalue weighted by molar-refractivity contribution is 5.00. The zero-order valence-corrected chi connectivity index (χ0v) is 11.3. The van der Waals surface area contributed by atoms with Crippen LogP contribution in [0.3, 0.4) is 0 Å². The van der Waals surface area contributed by atoms with Crippen molar-refractivity contribution in [3.63, 3.8) is 0 Å². The summed E-state index contributed by atoms with van der Waals surface area (Å²) in [5.41, 5.74) is 1.31. The van der Waals surface area contributed by atoms with E-state index in [1.165, 1.54) is 25.0 Å². The van der Waals surface area contributed by atoms with Gasteiger partial charge in [-0.25, -0.2) is 0 Å². The third kappa shape index (κ3) is 3.09. The number of nitrogens with zero attached hydrogens (tertiary/aromatic N) is 2. The van der Waals surface area contributed by atoms with Crippen LogP contribution in [0.25, 0.3) is 0 Å². The van der Waals surface area contributed by atoms with Crippen molar-refractivity contribution in [3.8, 4) is 0 Å². The molecular formula is C14H25N3. The minimum absolute atomic E-state index is 0.706. The molecule has 1 N–H and O–H groups in total. The fraction of sp³-hybridized carbons (Fsp3) is 0.786. The van der Waals surface area contributed by atoms with Gasteiger partial charge in [-0.3, -0.25) is 4.68 Å². The van der Waals surface area contributed by atoms with Crippen molar-refractivity contribution in [2.24, 2.45) is 18.9 Å². The average molecular weight is 235 g/mol. The van der Waals surface area contributed by atoms with Gasteiger partial charge in [-0.2, -0.15) is 5.10 Å². The number of hydrogen-bond acceptors (Lipinski definition) is 2. The number of rotatable bonds is 4. The van der Waals surface area contributed by atoms with Crippen LogP contribution >= 0.6 is 0 Å². The van der Waals surface area contributed by atoms with Gasteiger partial charge in [0.1, 0.15) is 0 Å². The van der Waals surface area contributed by atoms with Gasteiger partial charge in [-0.05, 0) is 30.7 Å². The Hall–Kier alpha value is -0.830. The normalized spacial score (nSPS) is 29.5. The summed E-state index contributed by atoms with van der Waals surface area (Å²) in [7, 11) is 2.02. The van der Waals surface area contributed by atoms with Gasteiger partial charge in [0.2, 0.25) is 0 Å². The molecule has 1 fully saturated rings. The standard InChI is InChI=1S/C14H25N3/c1-11-5-4-6-12(2)14(11)15-9-7-13-8-10-16-17(13)3/h8,10-12,14-15H,4-7,9H2,1-3H3. The first-order chi connectivity index (χ1) is 8.18. The Balaban J connectivity index is 1.79. The van der Waals surface area contributed by atoms with Gasteiger partial charge in [-0.1, -0.05) is 20.3 Å². The highest BCUT2D eigenvalue weighted by Gasteiger charge is 2.26. The number of aryl methyl sites for hydroxylation is 1. The van der Waals surface area contributed by atoms with Crippen molar-refractivity contribution in [2.45, 2.75) is 45.6 Å². The molecule has 1 aromatic rings. The van der Waals surface area contributed by atoms with Crippen LogP contribution in [-0.4, -0.2) is 22.4 Å². The molecule has 3 heteroatoms. The second-order valence-corrected chi connectivity index (χ2v) is 5.56. The molecule has 0 spiro atoms. The third-order valence-electron chi connectivity index (χ3n) is 4.23. The fourth-order valence-corrected chi connectivity index (χ4v) is 3.10. The Morgan fingerprint density at radius 1 is 1.35 bits per heavy atom. The maximum atomic E-state index is 4.20. The topological polar surface area (TPSA) is 29.9 Å². The smallest absolute Gasteiger partial charge is 0.0492 e. The minimum atomic E-state index is 0.706. The third-order valence-corrected chi connectivity index (χ3v) is 4.23. The van der Waals surface area contributed by atoms with E-state index in [1.807, 2.05) is 17.9 Å². The Kier molecular flexibility index (Phi) is 4.21. The molecule has 1 aliphatic rings. The van der Waals surface area contributed by atoms with Gasteiger partial charge in [0, 0.05) is 37.9 Å². The van der Waals surface area contributed by atoms with Gasteiger partial charge in [-0.15, -0.1) is 0 Å². The first-order valence-corrected chi connectivity index (χ1v) is 6.88. The van der Waals surface area contributed by atoms with Gasteiger partial charge < -0.3 is 5.32 Å². The van der Waals surface area contributed by atoms with E-state index in [0.29, 0.717) is 6.04 Å². The summed E-state index contributed by atoms with van der Waals surface area (Å²) in [5.74, 6) is 1.65. The molecule has 0 radical (unpaired) electrons. The molecule has 3 nitrogen and oxygen atoms in total. The lowest BCUT2D eigenvalue weighted by Gasteiger charge is -2.35. The Morgan fingerprint density at radius 3 is 2.65 bits per heavy atom. The summed E-state index contributed by atoms with van der Waals surface area (Å²) in [5, 5.41) is 7.95. The zero-order valence-electron chi connectivity index (χ0n) is 11.3. The molecule has 1 aliphatic carbocycles. The molecule has 1 heterocycles. The average Bonchev–Trinajstić information content (AvgIpc) is 2.69. The van der Waals surface area contributed by atoms with Crippen LogP contribution in [-0.2, 0) is 13.5 Å². The molecule has 0 aliphatic heterocycles. The van der Waals surface area contributed by atoms with Crippen LogP contribution in [0.4, 0.5) is 0 Å².